The van der Waals surface area contributed by atoms with Crippen molar-refractivity contribution in [2.24, 2.45) is 0 Å². The second kappa shape index (κ2) is 8.10. The summed E-state index contributed by atoms with van der Waals surface area (Å²) in [5, 5.41) is 2.48. The number of fused-ring (bicyclic) bond motifs is 1. The van der Waals surface area contributed by atoms with Crippen molar-refractivity contribution in [3.05, 3.63) is 83.2 Å². The quantitative estimate of drug-likeness (QED) is 0.613. The lowest BCUT2D eigenvalue weighted by Gasteiger charge is -2.38. The number of hydrogen-bond donors (Lipinski definition) is 1. The van der Waals surface area contributed by atoms with E-state index in [4.69, 9.17) is 4.74 Å². The minimum absolute atomic E-state index is 0.180. The van der Waals surface area contributed by atoms with Gasteiger partial charge in [-0.25, -0.2) is 4.39 Å². The Labute approximate surface area is 180 Å². The van der Waals surface area contributed by atoms with Crippen LogP contribution in [0.25, 0.3) is 0 Å². The van der Waals surface area contributed by atoms with Crippen LogP contribution in [0.15, 0.2) is 54.9 Å². The van der Waals surface area contributed by atoms with Crippen LogP contribution < -0.4 is 14.8 Å². The number of nitrogens with one attached hydrogen (secondary N) is 1. The average Bonchev–Trinajstić information content (AvgIpc) is 2.78. The van der Waals surface area contributed by atoms with Gasteiger partial charge in [-0.05, 0) is 41.5 Å². The van der Waals surface area contributed by atoms with Gasteiger partial charge in [0.1, 0.15) is 11.4 Å². The summed E-state index contributed by atoms with van der Waals surface area (Å²) in [6, 6.07) is 9.87. The molecule has 166 valence electrons. The molecule has 6 nitrogen and oxygen atoms in total. The predicted molar refractivity (Wildman–Crippen MR) is 105 cm³/mol. The smallest absolute Gasteiger partial charge is 0.492 e. The highest BCUT2D eigenvalue weighted by Crippen LogP contribution is 2.47. The summed E-state index contributed by atoms with van der Waals surface area (Å²) in [5.41, 5.74) is 0.504. The number of hydrogen-bond acceptors (Lipinski definition) is 5. The van der Waals surface area contributed by atoms with Crippen LogP contribution in [0, 0.1) is 5.82 Å². The monoisotopic (exact) mass is 447 g/mol. The number of amides is 1. The summed E-state index contributed by atoms with van der Waals surface area (Å²) < 4.78 is 61.9. The van der Waals surface area contributed by atoms with Gasteiger partial charge in [0.15, 0.2) is 11.6 Å². The molecule has 10 heteroatoms. The molecule has 0 radical (unpaired) electrons. The molecule has 1 aliphatic rings. The topological polar surface area (TPSA) is 73.3 Å². The van der Waals surface area contributed by atoms with Crippen molar-refractivity contribution < 1.29 is 31.8 Å². The zero-order chi connectivity index (χ0) is 22.9. The number of nitrogens with zero attached hydrogens (tertiary/aromatic N) is 2. The summed E-state index contributed by atoms with van der Waals surface area (Å²) in [6.07, 6.45) is -1.68. The molecule has 1 amide bonds. The van der Waals surface area contributed by atoms with Gasteiger partial charge in [-0.1, -0.05) is 12.1 Å². The average molecular weight is 447 g/mol. The first kappa shape index (κ1) is 21.5. The fourth-order valence-electron chi connectivity index (χ4n) is 3.87. The van der Waals surface area contributed by atoms with E-state index in [9.17, 15) is 22.4 Å². The van der Waals surface area contributed by atoms with Gasteiger partial charge in [0.25, 0.3) is 5.91 Å². The molecule has 1 N–H and O–H groups in total. The van der Waals surface area contributed by atoms with E-state index in [2.05, 4.69) is 20.0 Å². The lowest BCUT2D eigenvalue weighted by atomic mass is 9.69. The van der Waals surface area contributed by atoms with Crippen LogP contribution in [0.5, 0.6) is 11.5 Å². The van der Waals surface area contributed by atoms with Crippen molar-refractivity contribution in [3.63, 3.8) is 0 Å². The third-order valence-corrected chi connectivity index (χ3v) is 5.28. The van der Waals surface area contributed by atoms with Gasteiger partial charge >= 0.3 is 6.36 Å². The van der Waals surface area contributed by atoms with Crippen molar-refractivity contribution in [1.82, 2.24) is 15.3 Å². The molecule has 3 aromatic rings. The number of alkyl halides is 3. The molecular formula is C22H17F4N3O3. The van der Waals surface area contributed by atoms with Gasteiger partial charge in [0.2, 0.25) is 0 Å². The molecule has 0 fully saturated rings. The maximum atomic E-state index is 14.7. The highest BCUT2D eigenvalue weighted by Gasteiger charge is 2.43. The molecule has 1 atom stereocenters. The molecule has 0 saturated heterocycles. The van der Waals surface area contributed by atoms with Crippen molar-refractivity contribution in [3.8, 4) is 11.5 Å². The molecule has 2 aromatic heterocycles. The molecule has 0 bridgehead atoms. The Hall–Kier alpha value is -3.69. The minimum Gasteiger partial charge on any atom is -0.492 e. The van der Waals surface area contributed by atoms with E-state index >= 15 is 0 Å². The molecule has 1 aromatic carbocycles. The number of carbonyl (C=O) groups excluding carboxylic acids is 1. The summed E-state index contributed by atoms with van der Waals surface area (Å²) in [4.78, 5) is 20.5. The van der Waals surface area contributed by atoms with Gasteiger partial charge in [-0.3, -0.25) is 14.8 Å². The van der Waals surface area contributed by atoms with Crippen LogP contribution in [-0.4, -0.2) is 35.9 Å². The molecule has 3 heterocycles. The number of ether oxygens (including phenoxy) is 2. The minimum atomic E-state index is -5.02. The highest BCUT2D eigenvalue weighted by atomic mass is 19.4. The Morgan fingerprint density at radius 3 is 2.59 bits per heavy atom. The molecule has 0 spiro atoms. The lowest BCUT2D eigenvalue weighted by Crippen LogP contribution is -2.37. The fraction of sp³-hybridized carbons (Fsp3) is 0.227. The molecule has 1 aliphatic heterocycles. The van der Waals surface area contributed by atoms with Crippen molar-refractivity contribution in [1.29, 1.82) is 0 Å². The highest BCUT2D eigenvalue weighted by molar-refractivity contribution is 5.92. The van der Waals surface area contributed by atoms with Crippen LogP contribution in [0.1, 0.15) is 33.7 Å². The Bertz CT molecular complexity index is 1150. The standard InChI is InChI=1S/C22H17F4N3O3/c1-27-20(30)16-6-4-14(12-29-16)21(8-10-31-18-3-2-9-28-19(18)21)13-5-7-17(15(23)11-13)32-22(24,25)26/h2-7,9,11-12H,8,10H2,1H3,(H,27,30). The van der Waals surface area contributed by atoms with Crippen LogP contribution in [0.2, 0.25) is 0 Å². The zero-order valence-electron chi connectivity index (χ0n) is 16.7. The SMILES string of the molecule is CNC(=O)c1ccc(C2(c3ccc(OC(F)(F)F)c(F)c3)CCOc3cccnc32)cn1. The van der Waals surface area contributed by atoms with Crippen molar-refractivity contribution >= 4 is 5.91 Å². The van der Waals surface area contributed by atoms with E-state index in [1.54, 1.807) is 24.4 Å². The summed E-state index contributed by atoms with van der Waals surface area (Å²) in [5.74, 6) is -2.02. The van der Waals surface area contributed by atoms with E-state index in [0.29, 0.717) is 29.0 Å². The van der Waals surface area contributed by atoms with Crippen molar-refractivity contribution in [2.75, 3.05) is 13.7 Å². The summed E-state index contributed by atoms with van der Waals surface area (Å²) in [6.45, 7) is 0.248. The molecule has 4 rings (SSSR count). The number of rotatable bonds is 4. The maximum absolute atomic E-state index is 14.7. The van der Waals surface area contributed by atoms with Gasteiger partial charge < -0.3 is 14.8 Å². The second-order valence-electron chi connectivity index (χ2n) is 7.06. The van der Waals surface area contributed by atoms with Crippen molar-refractivity contribution in [2.45, 2.75) is 18.2 Å². The lowest BCUT2D eigenvalue weighted by molar-refractivity contribution is -0.275. The second-order valence-corrected chi connectivity index (χ2v) is 7.06. The molecule has 0 aliphatic carbocycles. The van der Waals surface area contributed by atoms with Crippen LogP contribution >= 0.6 is 0 Å². The first-order valence-corrected chi connectivity index (χ1v) is 9.57. The third-order valence-electron chi connectivity index (χ3n) is 5.28. The first-order valence-electron chi connectivity index (χ1n) is 9.57. The van der Waals surface area contributed by atoms with Crippen LogP contribution in [0.3, 0.4) is 0 Å². The molecule has 0 saturated carbocycles. The number of carbonyl (C=O) groups is 1. The molecule has 32 heavy (non-hydrogen) atoms. The predicted octanol–water partition coefficient (Wildman–Crippen LogP) is 3.99. The summed E-state index contributed by atoms with van der Waals surface area (Å²) in [7, 11) is 1.48. The van der Waals surface area contributed by atoms with Gasteiger partial charge in [-0.15, -0.1) is 13.2 Å². The van der Waals surface area contributed by atoms with Crippen LogP contribution in [0.4, 0.5) is 17.6 Å². The van der Waals surface area contributed by atoms with E-state index < -0.39 is 23.3 Å². The first-order chi connectivity index (χ1) is 15.2. The van der Waals surface area contributed by atoms with Gasteiger partial charge in [0.05, 0.1) is 17.7 Å². The van der Waals surface area contributed by atoms with Gasteiger partial charge in [-0.2, -0.15) is 0 Å². The van der Waals surface area contributed by atoms with Gasteiger partial charge in [0, 0.05) is 25.9 Å². The Morgan fingerprint density at radius 2 is 1.94 bits per heavy atom. The summed E-state index contributed by atoms with van der Waals surface area (Å²) >= 11 is 0. The number of halogens is 4. The Kier molecular flexibility index (Phi) is 5.45. The molecular weight excluding hydrogens is 430 g/mol. The normalized spacial score (nSPS) is 17.8. The number of aromatic nitrogens is 2. The number of pyridine rings is 2. The maximum Gasteiger partial charge on any atom is 0.573 e. The van der Waals surface area contributed by atoms with E-state index in [1.165, 1.54) is 25.4 Å². The zero-order valence-corrected chi connectivity index (χ0v) is 16.7. The fourth-order valence-corrected chi connectivity index (χ4v) is 3.87. The third kappa shape index (κ3) is 3.83. The number of benzene rings is 1. The van der Waals surface area contributed by atoms with E-state index in [-0.39, 0.29) is 18.2 Å². The largest absolute Gasteiger partial charge is 0.573 e. The van der Waals surface area contributed by atoms with E-state index in [0.717, 1.165) is 12.1 Å². The molecule has 1 unspecified atom stereocenters. The van der Waals surface area contributed by atoms with Crippen LogP contribution in [-0.2, 0) is 5.41 Å². The van der Waals surface area contributed by atoms with E-state index in [1.807, 2.05) is 0 Å². The Balaban J connectivity index is 1.89. The Morgan fingerprint density at radius 1 is 1.16 bits per heavy atom.